The maximum absolute atomic E-state index is 12.3. The Hall–Kier alpha value is -1.88. The highest BCUT2D eigenvalue weighted by molar-refractivity contribution is 6.33. The zero-order valence-electron chi connectivity index (χ0n) is 14.6. The van der Waals surface area contributed by atoms with Gasteiger partial charge in [-0.15, -0.1) is 0 Å². The molecule has 1 saturated heterocycles. The number of benzene rings is 2. The Kier molecular flexibility index (Phi) is 6.08. The Bertz CT molecular complexity index is 712. The summed E-state index contributed by atoms with van der Waals surface area (Å²) in [7, 11) is 0. The number of rotatable bonds is 5. The molecule has 0 unspecified atom stereocenters. The number of amides is 1. The lowest BCUT2D eigenvalue weighted by Gasteiger charge is -2.29. The third-order valence-corrected chi connectivity index (χ3v) is 5.08. The number of aryl methyl sites for hydroxylation is 1. The van der Waals surface area contributed by atoms with Gasteiger partial charge in [0.25, 0.3) is 5.91 Å². The van der Waals surface area contributed by atoms with Crippen molar-refractivity contribution in [2.24, 2.45) is 0 Å². The first-order chi connectivity index (χ1) is 12.1. The molecule has 3 N–H and O–H groups in total. The summed E-state index contributed by atoms with van der Waals surface area (Å²) in [6.07, 6.45) is 0. The summed E-state index contributed by atoms with van der Waals surface area (Å²) in [6.45, 7) is 7.81. The first-order valence-electron chi connectivity index (χ1n) is 8.87. The van der Waals surface area contributed by atoms with Gasteiger partial charge in [0.1, 0.15) is 32.7 Å². The minimum atomic E-state index is 0.0345. The Morgan fingerprint density at radius 2 is 1.72 bits per heavy atom. The number of halogens is 1. The van der Waals surface area contributed by atoms with Crippen LogP contribution in [0.15, 0.2) is 48.5 Å². The molecule has 3 rings (SSSR count). The molecule has 0 radical (unpaired) electrons. The van der Waals surface area contributed by atoms with Crippen LogP contribution in [-0.4, -0.2) is 38.6 Å². The summed E-state index contributed by atoms with van der Waals surface area (Å²) in [5, 5.41) is 3.53. The fourth-order valence-corrected chi connectivity index (χ4v) is 3.62. The summed E-state index contributed by atoms with van der Waals surface area (Å²) in [4.78, 5) is 15.2. The maximum Gasteiger partial charge on any atom is 0.279 e. The SMILES string of the molecule is Cc1ccc(NC(=O)C[NH+]2CC[NH+](Cc3ccccc3)CC2)c(Cl)c1. The van der Waals surface area contributed by atoms with Crippen LogP contribution in [0.2, 0.25) is 5.02 Å². The van der Waals surface area contributed by atoms with Gasteiger partial charge in [-0.3, -0.25) is 4.79 Å². The molecule has 0 spiro atoms. The van der Waals surface area contributed by atoms with Crippen LogP contribution >= 0.6 is 11.6 Å². The van der Waals surface area contributed by atoms with Gasteiger partial charge >= 0.3 is 0 Å². The van der Waals surface area contributed by atoms with Crippen molar-refractivity contribution >= 4 is 23.2 Å². The zero-order chi connectivity index (χ0) is 17.6. The summed E-state index contributed by atoms with van der Waals surface area (Å²) in [5.74, 6) is 0.0345. The molecule has 0 aliphatic carbocycles. The molecule has 25 heavy (non-hydrogen) atoms. The fraction of sp³-hybridized carbons (Fsp3) is 0.350. The second-order valence-corrected chi connectivity index (χ2v) is 7.28. The summed E-state index contributed by atoms with van der Waals surface area (Å²) in [6, 6.07) is 16.3. The van der Waals surface area contributed by atoms with Crippen molar-refractivity contribution in [3.05, 3.63) is 64.7 Å². The van der Waals surface area contributed by atoms with Crippen LogP contribution < -0.4 is 15.1 Å². The first kappa shape index (κ1) is 17.9. The smallest absolute Gasteiger partial charge is 0.279 e. The average molecular weight is 360 g/mol. The Morgan fingerprint density at radius 1 is 1.04 bits per heavy atom. The summed E-state index contributed by atoms with van der Waals surface area (Å²) < 4.78 is 0. The number of piperazine rings is 1. The van der Waals surface area contributed by atoms with Gasteiger partial charge in [0.15, 0.2) is 6.54 Å². The predicted octanol–water partition coefficient (Wildman–Crippen LogP) is 0.571. The number of carbonyl (C=O) groups excluding carboxylic acids is 1. The summed E-state index contributed by atoms with van der Waals surface area (Å²) in [5.41, 5.74) is 3.17. The van der Waals surface area contributed by atoms with E-state index in [9.17, 15) is 4.79 Å². The molecular weight excluding hydrogens is 334 g/mol. The van der Waals surface area contributed by atoms with Crippen LogP contribution in [0.4, 0.5) is 5.69 Å². The van der Waals surface area contributed by atoms with Gasteiger partial charge in [-0.1, -0.05) is 48.0 Å². The predicted molar refractivity (Wildman–Crippen MR) is 101 cm³/mol. The molecule has 2 aromatic carbocycles. The molecule has 132 valence electrons. The van der Waals surface area contributed by atoms with Crippen LogP contribution in [0.25, 0.3) is 0 Å². The molecular formula is C20H26ClN3O+2. The molecule has 1 fully saturated rings. The van der Waals surface area contributed by atoms with Crippen molar-refractivity contribution in [3.8, 4) is 0 Å². The Balaban J connectivity index is 1.44. The normalized spacial score (nSPS) is 20.2. The highest BCUT2D eigenvalue weighted by Crippen LogP contribution is 2.22. The average Bonchev–Trinajstić information content (AvgIpc) is 2.60. The van der Waals surface area contributed by atoms with E-state index in [0.29, 0.717) is 17.3 Å². The molecule has 4 nitrogen and oxygen atoms in total. The topological polar surface area (TPSA) is 38.0 Å². The highest BCUT2D eigenvalue weighted by Gasteiger charge is 2.25. The van der Waals surface area contributed by atoms with Crippen molar-refractivity contribution in [2.75, 3.05) is 38.0 Å². The molecule has 1 amide bonds. The van der Waals surface area contributed by atoms with Crippen LogP contribution in [0.3, 0.4) is 0 Å². The molecule has 5 heteroatoms. The number of anilines is 1. The number of nitrogens with one attached hydrogen (secondary N) is 3. The number of hydrogen-bond acceptors (Lipinski definition) is 1. The van der Waals surface area contributed by atoms with Crippen molar-refractivity contribution in [1.82, 2.24) is 0 Å². The van der Waals surface area contributed by atoms with Gasteiger partial charge in [-0.05, 0) is 24.6 Å². The van der Waals surface area contributed by atoms with E-state index in [1.807, 2.05) is 25.1 Å². The first-order valence-corrected chi connectivity index (χ1v) is 9.25. The lowest BCUT2D eigenvalue weighted by Crippen LogP contribution is -3.28. The van der Waals surface area contributed by atoms with E-state index in [4.69, 9.17) is 11.6 Å². The van der Waals surface area contributed by atoms with Gasteiger partial charge in [-0.25, -0.2) is 0 Å². The molecule has 1 heterocycles. The standard InChI is InChI=1S/C20H24ClN3O/c1-16-7-8-19(18(21)13-16)22-20(25)15-24-11-9-23(10-12-24)14-17-5-3-2-4-6-17/h2-8,13H,9-12,14-15H2,1H3,(H,22,25)/p+2. The molecule has 0 saturated carbocycles. The van der Waals surface area contributed by atoms with E-state index in [2.05, 4.69) is 35.6 Å². The second-order valence-electron chi connectivity index (χ2n) is 6.87. The Labute approximate surface area is 154 Å². The number of carbonyl (C=O) groups is 1. The molecule has 0 aromatic heterocycles. The van der Waals surface area contributed by atoms with Crippen LogP contribution in [-0.2, 0) is 11.3 Å². The third-order valence-electron chi connectivity index (χ3n) is 4.77. The fourth-order valence-electron chi connectivity index (χ4n) is 3.34. The van der Waals surface area contributed by atoms with Gasteiger partial charge in [0.2, 0.25) is 0 Å². The number of hydrogen-bond donors (Lipinski definition) is 3. The van der Waals surface area contributed by atoms with Crippen LogP contribution in [0.1, 0.15) is 11.1 Å². The van der Waals surface area contributed by atoms with Crippen molar-refractivity contribution in [2.45, 2.75) is 13.5 Å². The molecule has 0 bridgehead atoms. The van der Waals surface area contributed by atoms with Gasteiger partial charge in [-0.2, -0.15) is 0 Å². The lowest BCUT2D eigenvalue weighted by molar-refractivity contribution is -1.02. The van der Waals surface area contributed by atoms with E-state index >= 15 is 0 Å². The third kappa shape index (κ3) is 5.30. The molecule has 2 aromatic rings. The highest BCUT2D eigenvalue weighted by atomic mass is 35.5. The van der Waals surface area contributed by atoms with Gasteiger partial charge < -0.3 is 15.1 Å². The van der Waals surface area contributed by atoms with E-state index < -0.39 is 0 Å². The van der Waals surface area contributed by atoms with Crippen molar-refractivity contribution in [1.29, 1.82) is 0 Å². The minimum absolute atomic E-state index is 0.0345. The van der Waals surface area contributed by atoms with Crippen molar-refractivity contribution < 1.29 is 14.6 Å². The lowest BCUT2D eigenvalue weighted by atomic mass is 10.2. The summed E-state index contributed by atoms with van der Waals surface area (Å²) >= 11 is 6.19. The van der Waals surface area contributed by atoms with E-state index in [1.165, 1.54) is 10.5 Å². The van der Waals surface area contributed by atoms with Crippen LogP contribution in [0.5, 0.6) is 0 Å². The van der Waals surface area contributed by atoms with Gasteiger partial charge in [0, 0.05) is 5.56 Å². The van der Waals surface area contributed by atoms with E-state index in [1.54, 1.807) is 4.90 Å². The zero-order valence-corrected chi connectivity index (χ0v) is 15.4. The van der Waals surface area contributed by atoms with Gasteiger partial charge in [0.05, 0.1) is 10.7 Å². The largest absolute Gasteiger partial charge is 0.322 e. The van der Waals surface area contributed by atoms with E-state index in [0.717, 1.165) is 38.3 Å². The molecule has 0 atom stereocenters. The maximum atomic E-state index is 12.3. The van der Waals surface area contributed by atoms with E-state index in [-0.39, 0.29) is 5.91 Å². The van der Waals surface area contributed by atoms with Crippen molar-refractivity contribution in [3.63, 3.8) is 0 Å². The van der Waals surface area contributed by atoms with Crippen LogP contribution in [0, 0.1) is 6.92 Å². The molecule has 1 aliphatic heterocycles. The molecule has 1 aliphatic rings. The second kappa shape index (κ2) is 8.48. The quantitative estimate of drug-likeness (QED) is 0.717. The monoisotopic (exact) mass is 359 g/mol. The number of quaternary nitrogens is 2. The Morgan fingerprint density at radius 3 is 2.40 bits per heavy atom. The minimum Gasteiger partial charge on any atom is -0.322 e.